The summed E-state index contributed by atoms with van der Waals surface area (Å²) in [7, 11) is 0. The Kier molecular flexibility index (Phi) is 4.85. The molecule has 2 aliphatic rings. The van der Waals surface area contributed by atoms with Gasteiger partial charge in [-0.25, -0.2) is 0 Å². The smallest absolute Gasteiger partial charge is 0.162 e. The molecule has 0 unspecified atom stereocenters. The summed E-state index contributed by atoms with van der Waals surface area (Å²) in [5.74, 6) is 0.668. The first-order valence-electron chi connectivity index (χ1n) is 9.39. The van der Waals surface area contributed by atoms with Gasteiger partial charge in [-0.2, -0.15) is 5.26 Å². The molecule has 0 saturated heterocycles. The summed E-state index contributed by atoms with van der Waals surface area (Å²) in [5, 5.41) is 14.1. The highest BCUT2D eigenvalue weighted by molar-refractivity contribution is 6.36. The number of ketones is 1. The Labute approximate surface area is 179 Å². The number of nitriles is 1. The largest absolute Gasteiger partial charge is 0.460 e. The second kappa shape index (κ2) is 7.09. The number of carbonyl (C=O) groups is 1. The van der Waals surface area contributed by atoms with E-state index < -0.39 is 5.92 Å². The van der Waals surface area contributed by atoms with Crippen molar-refractivity contribution in [3.8, 4) is 17.4 Å². The molecule has 1 aromatic carbocycles. The molecule has 0 amide bonds. The predicted molar refractivity (Wildman–Crippen MR) is 113 cm³/mol. The Morgan fingerprint density at radius 1 is 1.21 bits per heavy atom. The van der Waals surface area contributed by atoms with Crippen molar-refractivity contribution in [1.29, 1.82) is 5.26 Å². The number of allylic oxidation sites excluding steroid dienone is 4. The Hall–Kier alpha value is -2.48. The molecule has 148 valence electrons. The van der Waals surface area contributed by atoms with E-state index in [2.05, 4.69) is 25.2 Å². The highest BCUT2D eigenvalue weighted by Crippen LogP contribution is 2.47. The minimum absolute atomic E-state index is 0.0523. The summed E-state index contributed by atoms with van der Waals surface area (Å²) < 4.78 is 6.13. The number of nitrogens with zero attached hydrogens (tertiary/aromatic N) is 1. The quantitative estimate of drug-likeness (QED) is 0.604. The average Bonchev–Trinajstić information content (AvgIpc) is 3.08. The van der Waals surface area contributed by atoms with Gasteiger partial charge in [0.15, 0.2) is 5.78 Å². The molecule has 1 aliphatic carbocycles. The molecule has 2 heterocycles. The van der Waals surface area contributed by atoms with E-state index in [4.69, 9.17) is 27.6 Å². The first kappa shape index (κ1) is 19.8. The molecule has 1 aliphatic heterocycles. The Balaban J connectivity index is 1.83. The summed E-state index contributed by atoms with van der Waals surface area (Å²) in [6.07, 6.45) is 1.19. The van der Waals surface area contributed by atoms with Crippen LogP contribution >= 0.6 is 23.2 Å². The van der Waals surface area contributed by atoms with Crippen LogP contribution < -0.4 is 5.32 Å². The summed E-state index contributed by atoms with van der Waals surface area (Å²) in [6.45, 7) is 6.02. The third-order valence-corrected chi connectivity index (χ3v) is 6.02. The fourth-order valence-electron chi connectivity index (χ4n) is 4.21. The zero-order chi connectivity index (χ0) is 20.9. The van der Waals surface area contributed by atoms with Crippen LogP contribution in [0.4, 0.5) is 0 Å². The van der Waals surface area contributed by atoms with Crippen molar-refractivity contribution in [2.75, 3.05) is 0 Å². The average molecular weight is 427 g/mol. The number of benzene rings is 1. The molecule has 0 spiro atoms. The van der Waals surface area contributed by atoms with Crippen LogP contribution in [-0.4, -0.2) is 5.78 Å². The highest BCUT2D eigenvalue weighted by atomic mass is 35.5. The van der Waals surface area contributed by atoms with Crippen molar-refractivity contribution >= 4 is 29.0 Å². The van der Waals surface area contributed by atoms with E-state index in [0.717, 1.165) is 17.8 Å². The molecule has 2 aromatic rings. The lowest BCUT2D eigenvalue weighted by atomic mass is 9.70. The van der Waals surface area contributed by atoms with Crippen molar-refractivity contribution < 1.29 is 9.21 Å². The number of rotatable bonds is 2. The second-order valence-corrected chi connectivity index (χ2v) is 9.21. The molecule has 0 radical (unpaired) electrons. The molecule has 1 atom stereocenters. The Morgan fingerprint density at radius 2 is 1.97 bits per heavy atom. The van der Waals surface area contributed by atoms with Gasteiger partial charge in [-0.1, -0.05) is 37.0 Å². The third kappa shape index (κ3) is 3.50. The molecule has 29 heavy (non-hydrogen) atoms. The van der Waals surface area contributed by atoms with Crippen LogP contribution in [0, 0.1) is 16.7 Å². The van der Waals surface area contributed by atoms with Crippen LogP contribution in [0.5, 0.6) is 0 Å². The van der Waals surface area contributed by atoms with Gasteiger partial charge in [0.05, 0.1) is 22.6 Å². The molecule has 0 bridgehead atoms. The molecule has 6 heteroatoms. The van der Waals surface area contributed by atoms with Crippen molar-refractivity contribution in [1.82, 2.24) is 5.32 Å². The number of Topliss-reactive ketones (excluding diaryl/α,β-unsaturated/α-hetero) is 1. The van der Waals surface area contributed by atoms with Gasteiger partial charge in [0.25, 0.3) is 0 Å². The van der Waals surface area contributed by atoms with Crippen molar-refractivity contribution in [3.63, 3.8) is 0 Å². The van der Waals surface area contributed by atoms with Crippen molar-refractivity contribution in [2.45, 2.75) is 39.5 Å². The number of hydrogen-bond acceptors (Lipinski definition) is 4. The topological polar surface area (TPSA) is 66.0 Å². The zero-order valence-electron chi connectivity index (χ0n) is 16.4. The van der Waals surface area contributed by atoms with Crippen LogP contribution in [0.25, 0.3) is 11.3 Å². The van der Waals surface area contributed by atoms with Crippen LogP contribution in [0.3, 0.4) is 0 Å². The highest BCUT2D eigenvalue weighted by Gasteiger charge is 2.42. The molecule has 4 nitrogen and oxygen atoms in total. The van der Waals surface area contributed by atoms with Crippen LogP contribution in [0.2, 0.25) is 10.0 Å². The van der Waals surface area contributed by atoms with Crippen LogP contribution in [0.15, 0.2) is 57.3 Å². The maximum Gasteiger partial charge on any atom is 0.162 e. The normalized spacial score (nSPS) is 21.0. The van der Waals surface area contributed by atoms with E-state index in [1.165, 1.54) is 0 Å². The SMILES string of the molecule is CC1=C(C#N)[C@H](c2ccc(-c3ccc(Cl)cc3Cl)o2)C2=C(CC(C)(C)CC2=O)N1. The monoisotopic (exact) mass is 426 g/mol. The fraction of sp³-hybridized carbons (Fsp3) is 0.304. The fourth-order valence-corrected chi connectivity index (χ4v) is 4.71. The van der Waals surface area contributed by atoms with E-state index >= 15 is 0 Å². The maximum absolute atomic E-state index is 13.1. The van der Waals surface area contributed by atoms with Gasteiger partial charge in [-0.05, 0) is 49.1 Å². The summed E-state index contributed by atoms with van der Waals surface area (Å²) in [5.41, 5.74) is 3.36. The van der Waals surface area contributed by atoms with E-state index in [0.29, 0.717) is 44.7 Å². The van der Waals surface area contributed by atoms with Gasteiger partial charge in [-0.3, -0.25) is 4.79 Å². The van der Waals surface area contributed by atoms with Crippen LogP contribution in [0.1, 0.15) is 45.3 Å². The molecule has 1 aromatic heterocycles. The lowest BCUT2D eigenvalue weighted by Crippen LogP contribution is -2.36. The van der Waals surface area contributed by atoms with Gasteiger partial charge in [0, 0.05) is 34.0 Å². The van der Waals surface area contributed by atoms with E-state index in [9.17, 15) is 10.1 Å². The summed E-state index contributed by atoms with van der Waals surface area (Å²) in [6, 6.07) is 11.1. The predicted octanol–water partition coefficient (Wildman–Crippen LogP) is 6.38. The maximum atomic E-state index is 13.1. The van der Waals surface area contributed by atoms with Gasteiger partial charge in [0.2, 0.25) is 0 Å². The second-order valence-electron chi connectivity index (χ2n) is 8.37. The van der Waals surface area contributed by atoms with Crippen LogP contribution in [-0.2, 0) is 4.79 Å². The number of halogens is 2. The van der Waals surface area contributed by atoms with E-state index in [-0.39, 0.29) is 11.2 Å². The number of hydrogen-bond donors (Lipinski definition) is 1. The lowest BCUT2D eigenvalue weighted by Gasteiger charge is -2.38. The minimum Gasteiger partial charge on any atom is -0.460 e. The van der Waals surface area contributed by atoms with Gasteiger partial charge >= 0.3 is 0 Å². The first-order valence-corrected chi connectivity index (χ1v) is 10.1. The molecule has 1 N–H and O–H groups in total. The Morgan fingerprint density at radius 3 is 2.66 bits per heavy atom. The molecule has 4 rings (SSSR count). The van der Waals surface area contributed by atoms with Gasteiger partial charge in [0.1, 0.15) is 11.5 Å². The minimum atomic E-state index is -0.514. The van der Waals surface area contributed by atoms with Gasteiger partial charge in [-0.15, -0.1) is 0 Å². The Bertz CT molecular complexity index is 1130. The first-order chi connectivity index (χ1) is 13.7. The van der Waals surface area contributed by atoms with E-state index in [1.807, 2.05) is 19.1 Å². The number of furan rings is 1. The van der Waals surface area contributed by atoms with Crippen molar-refractivity contribution in [2.24, 2.45) is 5.41 Å². The summed E-state index contributed by atoms with van der Waals surface area (Å²) in [4.78, 5) is 13.1. The third-order valence-electron chi connectivity index (χ3n) is 5.47. The van der Waals surface area contributed by atoms with E-state index in [1.54, 1.807) is 18.2 Å². The summed E-state index contributed by atoms with van der Waals surface area (Å²) >= 11 is 12.3. The molecular weight excluding hydrogens is 407 g/mol. The number of nitrogens with one attached hydrogen (secondary N) is 1. The molecule has 0 saturated carbocycles. The number of carbonyl (C=O) groups excluding carboxylic acids is 1. The lowest BCUT2D eigenvalue weighted by molar-refractivity contribution is -0.118. The zero-order valence-corrected chi connectivity index (χ0v) is 17.9. The number of dihydropyridines is 1. The van der Waals surface area contributed by atoms with Gasteiger partial charge < -0.3 is 9.73 Å². The van der Waals surface area contributed by atoms with Crippen molar-refractivity contribution in [3.05, 3.63) is 68.7 Å². The standard InChI is InChI=1S/C23H20Cl2N2O2/c1-12-15(11-26)21(22-17(27-12)9-23(2,3)10-18(22)28)20-7-6-19(29-20)14-5-4-13(24)8-16(14)25/h4-8,21,27H,9-10H2,1-3H3/t21-/m1/s1. The molecular formula is C23H20Cl2N2O2. The molecule has 0 fully saturated rings.